The lowest BCUT2D eigenvalue weighted by Crippen LogP contribution is -2.32. The smallest absolute Gasteiger partial charge is 0.215 e. The van der Waals surface area contributed by atoms with Crippen molar-refractivity contribution in [3.63, 3.8) is 0 Å². The minimum atomic E-state index is -1.66. The highest BCUT2D eigenvalue weighted by Gasteiger charge is 2.29. The van der Waals surface area contributed by atoms with Crippen LogP contribution < -0.4 is 0 Å². The van der Waals surface area contributed by atoms with Gasteiger partial charge in [0.1, 0.15) is 0 Å². The molecule has 4 aromatic heterocycles. The number of hydrogen-bond acceptors (Lipinski definition) is 6. The van der Waals surface area contributed by atoms with Crippen molar-refractivity contribution in [1.82, 2.24) is 18.3 Å². The number of aliphatic hydroxyl groups excluding tert-OH is 2. The van der Waals surface area contributed by atoms with Crippen LogP contribution in [-0.2, 0) is 28.2 Å². The molecule has 0 bridgehead atoms. The first-order valence-corrected chi connectivity index (χ1v) is 11.0. The summed E-state index contributed by atoms with van der Waals surface area (Å²) in [6.07, 6.45) is 3.43. The summed E-state index contributed by atoms with van der Waals surface area (Å²) in [5.74, 6) is -2.36. The average Bonchev–Trinajstić information content (AvgIpc) is 3.66. The van der Waals surface area contributed by atoms with E-state index in [4.69, 9.17) is 0 Å². The molecule has 0 saturated carbocycles. The van der Waals surface area contributed by atoms with E-state index >= 15 is 0 Å². The fourth-order valence-electron chi connectivity index (χ4n) is 3.67. The Balaban J connectivity index is 0.000000201. The van der Waals surface area contributed by atoms with Gasteiger partial charge >= 0.3 is 0 Å². The molecule has 0 aliphatic rings. The van der Waals surface area contributed by atoms with Crippen molar-refractivity contribution in [2.75, 3.05) is 0 Å². The van der Waals surface area contributed by atoms with Crippen LogP contribution in [0, 0.1) is 0 Å². The van der Waals surface area contributed by atoms with Crippen LogP contribution >= 0.6 is 0 Å². The highest BCUT2D eigenvalue weighted by molar-refractivity contribution is 6.18. The molecule has 0 spiro atoms. The summed E-state index contributed by atoms with van der Waals surface area (Å²) in [4.78, 5) is 47.9. The Hall–Kier alpha value is -4.28. The molecule has 0 aromatic carbocycles. The van der Waals surface area contributed by atoms with E-state index in [1.54, 1.807) is 120 Å². The predicted molar refractivity (Wildman–Crippen MR) is 131 cm³/mol. The highest BCUT2D eigenvalue weighted by atomic mass is 16.3. The Labute approximate surface area is 207 Å². The Kier molecular flexibility index (Phi) is 8.03. The number of aryl methyl sites for hydroxylation is 4. The summed E-state index contributed by atoms with van der Waals surface area (Å²) >= 11 is 0. The van der Waals surface area contributed by atoms with E-state index in [1.807, 2.05) is 0 Å². The molecular formula is C26H28N4O6. The number of rotatable bonds is 8. The van der Waals surface area contributed by atoms with Crippen molar-refractivity contribution in [3.05, 3.63) is 96.1 Å². The molecule has 4 heterocycles. The molecule has 2 N–H and O–H groups in total. The number of ketones is 4. The SMILES string of the molecule is Cn1cccc1C(=O)C(O)C(=O)c1cccn1C.Cn1cccc1C(=O)C(O)C(=O)c1cccn1C. The summed E-state index contributed by atoms with van der Waals surface area (Å²) in [6, 6.07) is 13.0. The summed E-state index contributed by atoms with van der Waals surface area (Å²) in [5, 5.41) is 19.7. The molecule has 36 heavy (non-hydrogen) atoms. The van der Waals surface area contributed by atoms with Crippen LogP contribution in [0.25, 0.3) is 0 Å². The van der Waals surface area contributed by atoms with Gasteiger partial charge in [-0.1, -0.05) is 0 Å². The van der Waals surface area contributed by atoms with Crippen LogP contribution in [0.3, 0.4) is 0 Å². The maximum atomic E-state index is 12.0. The quantitative estimate of drug-likeness (QED) is 0.284. The topological polar surface area (TPSA) is 128 Å². The van der Waals surface area contributed by atoms with Gasteiger partial charge < -0.3 is 28.5 Å². The summed E-state index contributed by atoms with van der Waals surface area (Å²) in [7, 11) is 6.75. The van der Waals surface area contributed by atoms with Crippen LogP contribution in [0.2, 0.25) is 0 Å². The van der Waals surface area contributed by atoms with Crippen molar-refractivity contribution in [2.24, 2.45) is 28.2 Å². The Bertz CT molecular complexity index is 1190. The van der Waals surface area contributed by atoms with Gasteiger partial charge in [-0.25, -0.2) is 0 Å². The monoisotopic (exact) mass is 492 g/mol. The van der Waals surface area contributed by atoms with E-state index in [2.05, 4.69) is 0 Å². The number of aromatic nitrogens is 4. The molecular weight excluding hydrogens is 464 g/mol. The van der Waals surface area contributed by atoms with Gasteiger partial charge in [-0.3, -0.25) is 19.2 Å². The van der Waals surface area contributed by atoms with Gasteiger partial charge in [0.2, 0.25) is 23.1 Å². The maximum absolute atomic E-state index is 12.0. The second-order valence-corrected chi connectivity index (χ2v) is 8.28. The van der Waals surface area contributed by atoms with Crippen molar-refractivity contribution in [3.8, 4) is 0 Å². The lowest BCUT2D eigenvalue weighted by molar-refractivity contribution is 0.0608. The van der Waals surface area contributed by atoms with Crippen LogP contribution in [0.5, 0.6) is 0 Å². The lowest BCUT2D eigenvalue weighted by atomic mass is 10.1. The van der Waals surface area contributed by atoms with Crippen molar-refractivity contribution in [2.45, 2.75) is 12.2 Å². The number of Topliss-reactive ketones (excluding diaryl/α,β-unsaturated/α-hetero) is 4. The predicted octanol–water partition coefficient (Wildman–Crippen LogP) is 1.58. The van der Waals surface area contributed by atoms with Crippen molar-refractivity contribution in [1.29, 1.82) is 0 Å². The number of hydrogen-bond donors (Lipinski definition) is 2. The van der Waals surface area contributed by atoms with Crippen LogP contribution in [-0.4, -0.2) is 63.8 Å². The molecule has 0 aliphatic heterocycles. The fraction of sp³-hybridized carbons (Fsp3) is 0.231. The van der Waals surface area contributed by atoms with Crippen molar-refractivity contribution < 1.29 is 29.4 Å². The molecule has 0 unspecified atom stereocenters. The Morgan fingerprint density at radius 2 is 0.694 bits per heavy atom. The molecule has 0 amide bonds. The summed E-state index contributed by atoms with van der Waals surface area (Å²) in [5.41, 5.74) is 1.24. The third kappa shape index (κ3) is 5.35. The molecule has 0 fully saturated rings. The Morgan fingerprint density at radius 1 is 0.500 bits per heavy atom. The zero-order valence-electron chi connectivity index (χ0n) is 20.4. The number of nitrogens with zero attached hydrogens (tertiary/aromatic N) is 4. The minimum Gasteiger partial charge on any atom is -0.377 e. The largest absolute Gasteiger partial charge is 0.377 e. The molecule has 0 saturated heterocycles. The summed E-state index contributed by atoms with van der Waals surface area (Å²) in [6.45, 7) is 0. The first-order chi connectivity index (χ1) is 17.0. The van der Waals surface area contributed by atoms with E-state index < -0.39 is 35.3 Å². The normalized spacial score (nSPS) is 10.9. The zero-order chi connectivity index (χ0) is 26.6. The van der Waals surface area contributed by atoms with Crippen molar-refractivity contribution >= 4 is 23.1 Å². The van der Waals surface area contributed by atoms with Gasteiger partial charge in [-0.05, 0) is 48.5 Å². The zero-order valence-corrected chi connectivity index (χ0v) is 20.4. The molecule has 0 aliphatic carbocycles. The molecule has 10 nitrogen and oxygen atoms in total. The van der Waals surface area contributed by atoms with E-state index in [9.17, 15) is 29.4 Å². The van der Waals surface area contributed by atoms with E-state index in [0.29, 0.717) is 22.8 Å². The maximum Gasteiger partial charge on any atom is 0.215 e. The van der Waals surface area contributed by atoms with Crippen LogP contribution in [0.4, 0.5) is 0 Å². The molecule has 188 valence electrons. The number of carbonyl (C=O) groups excluding carboxylic acids is 4. The number of carbonyl (C=O) groups is 4. The van der Waals surface area contributed by atoms with E-state index in [-0.39, 0.29) is 0 Å². The second-order valence-electron chi connectivity index (χ2n) is 8.28. The van der Waals surface area contributed by atoms with Crippen LogP contribution in [0.15, 0.2) is 73.3 Å². The molecule has 0 atom stereocenters. The first-order valence-electron chi connectivity index (χ1n) is 11.0. The molecule has 4 aromatic rings. The third-order valence-electron chi connectivity index (χ3n) is 5.78. The standard InChI is InChI=1S/2C13H14N2O3/c2*1-14-7-3-5-9(14)11(16)13(18)12(17)10-6-4-8-15(10)2/h2*3-8,13,18H,1-2H3. The first kappa shape index (κ1) is 26.3. The van der Waals surface area contributed by atoms with E-state index in [0.717, 1.165) is 0 Å². The van der Waals surface area contributed by atoms with Crippen LogP contribution in [0.1, 0.15) is 42.0 Å². The van der Waals surface area contributed by atoms with Gasteiger partial charge in [0.15, 0.2) is 12.2 Å². The van der Waals surface area contributed by atoms with Gasteiger partial charge in [0, 0.05) is 53.0 Å². The molecule has 4 rings (SSSR count). The highest BCUT2D eigenvalue weighted by Crippen LogP contribution is 2.11. The Morgan fingerprint density at radius 3 is 0.833 bits per heavy atom. The third-order valence-corrected chi connectivity index (χ3v) is 5.78. The molecule has 0 radical (unpaired) electrons. The van der Waals surface area contributed by atoms with Gasteiger partial charge in [0.05, 0.1) is 22.8 Å². The van der Waals surface area contributed by atoms with Gasteiger partial charge in [-0.15, -0.1) is 0 Å². The second kappa shape index (κ2) is 11.0. The summed E-state index contributed by atoms with van der Waals surface area (Å²) < 4.78 is 6.29. The fourth-order valence-corrected chi connectivity index (χ4v) is 3.67. The molecule has 10 heteroatoms. The number of aliphatic hydroxyl groups is 2. The lowest BCUT2D eigenvalue weighted by Gasteiger charge is -2.10. The minimum absolute atomic E-state index is 0.310. The van der Waals surface area contributed by atoms with E-state index in [1.165, 1.54) is 0 Å². The average molecular weight is 493 g/mol. The van der Waals surface area contributed by atoms with Gasteiger partial charge in [0.25, 0.3) is 0 Å². The van der Waals surface area contributed by atoms with Gasteiger partial charge in [-0.2, -0.15) is 0 Å².